The second kappa shape index (κ2) is 7.27. The van der Waals surface area contributed by atoms with E-state index in [1.165, 1.54) is 4.88 Å². The van der Waals surface area contributed by atoms with E-state index < -0.39 is 6.04 Å². The smallest absolute Gasteiger partial charge is 0.324 e. The van der Waals surface area contributed by atoms with Crippen molar-refractivity contribution in [1.82, 2.24) is 16.0 Å². The molecule has 2 atom stereocenters. The minimum absolute atomic E-state index is 0.0503. The summed E-state index contributed by atoms with van der Waals surface area (Å²) in [6.07, 6.45) is 0.639. The van der Waals surface area contributed by atoms with Crippen LogP contribution in [0.15, 0.2) is 46.3 Å². The number of esters is 1. The SMILES string of the molecule is O=C(OCc1cc(-c2ccc3c(c2)OCO3)on1)C1CC(c2cccs2)NN1. The zero-order valence-corrected chi connectivity index (χ0v) is 15.5. The quantitative estimate of drug-likeness (QED) is 0.633. The number of rotatable bonds is 5. The molecule has 2 aliphatic rings. The van der Waals surface area contributed by atoms with Gasteiger partial charge in [-0.2, -0.15) is 0 Å². The Bertz CT molecular complexity index is 987. The molecule has 0 radical (unpaired) electrons. The summed E-state index contributed by atoms with van der Waals surface area (Å²) in [5.74, 6) is 1.62. The lowest BCUT2D eigenvalue weighted by Crippen LogP contribution is -2.37. The third-order valence-electron chi connectivity index (χ3n) is 4.65. The van der Waals surface area contributed by atoms with Crippen molar-refractivity contribution in [3.8, 4) is 22.8 Å². The molecule has 1 saturated heterocycles. The summed E-state index contributed by atoms with van der Waals surface area (Å²) in [6, 6.07) is 11.0. The first kappa shape index (κ1) is 17.2. The number of aromatic nitrogens is 1. The number of thiophene rings is 1. The maximum Gasteiger partial charge on any atom is 0.324 e. The molecule has 2 unspecified atom stereocenters. The fraction of sp³-hybridized carbons (Fsp3) is 0.263. The first-order valence-electron chi connectivity index (χ1n) is 8.83. The molecule has 0 amide bonds. The fourth-order valence-electron chi connectivity index (χ4n) is 3.20. The van der Waals surface area contributed by atoms with Crippen molar-refractivity contribution in [1.29, 1.82) is 0 Å². The number of benzene rings is 1. The number of ether oxygens (including phenoxy) is 3. The van der Waals surface area contributed by atoms with E-state index in [9.17, 15) is 4.79 Å². The number of fused-ring (bicyclic) bond motifs is 1. The molecule has 9 heteroatoms. The molecule has 144 valence electrons. The molecule has 1 aromatic carbocycles. The van der Waals surface area contributed by atoms with E-state index in [0.717, 1.165) is 5.56 Å². The predicted octanol–water partition coefficient (Wildman–Crippen LogP) is 2.78. The van der Waals surface area contributed by atoms with Crippen LogP contribution < -0.4 is 20.3 Å². The molecular weight excluding hydrogens is 382 g/mol. The number of hydrogen-bond donors (Lipinski definition) is 2. The Hall–Kier alpha value is -2.88. The van der Waals surface area contributed by atoms with E-state index in [2.05, 4.69) is 16.0 Å². The van der Waals surface area contributed by atoms with Crippen molar-refractivity contribution in [2.45, 2.75) is 25.1 Å². The molecule has 0 saturated carbocycles. The number of hydrazine groups is 1. The van der Waals surface area contributed by atoms with Crippen LogP contribution in [0.25, 0.3) is 11.3 Å². The van der Waals surface area contributed by atoms with E-state index in [1.54, 1.807) is 17.4 Å². The van der Waals surface area contributed by atoms with Crippen molar-refractivity contribution in [3.05, 3.63) is 52.3 Å². The average Bonchev–Trinajstić information content (AvgIpc) is 3.51. The van der Waals surface area contributed by atoms with Gasteiger partial charge in [0.1, 0.15) is 18.3 Å². The Morgan fingerprint density at radius 2 is 2.14 bits per heavy atom. The van der Waals surface area contributed by atoms with Gasteiger partial charge >= 0.3 is 5.97 Å². The van der Waals surface area contributed by atoms with Crippen molar-refractivity contribution in [2.24, 2.45) is 0 Å². The van der Waals surface area contributed by atoms with Gasteiger partial charge in [0.05, 0.1) is 6.04 Å². The molecule has 0 aliphatic carbocycles. The minimum Gasteiger partial charge on any atom is -0.458 e. The van der Waals surface area contributed by atoms with Crippen LogP contribution in [0.3, 0.4) is 0 Å². The molecule has 3 aromatic rings. The number of carbonyl (C=O) groups excluding carboxylic acids is 1. The third-order valence-corrected chi connectivity index (χ3v) is 5.64. The number of nitrogens with zero attached hydrogens (tertiary/aromatic N) is 1. The summed E-state index contributed by atoms with van der Waals surface area (Å²) in [5.41, 5.74) is 7.49. The molecule has 28 heavy (non-hydrogen) atoms. The summed E-state index contributed by atoms with van der Waals surface area (Å²) < 4.78 is 21.4. The largest absolute Gasteiger partial charge is 0.458 e. The average molecular weight is 399 g/mol. The fourth-order valence-corrected chi connectivity index (χ4v) is 3.99. The van der Waals surface area contributed by atoms with Gasteiger partial charge in [0.2, 0.25) is 6.79 Å². The van der Waals surface area contributed by atoms with Gasteiger partial charge in [-0.25, -0.2) is 10.9 Å². The van der Waals surface area contributed by atoms with Gasteiger partial charge in [-0.05, 0) is 36.1 Å². The number of nitrogens with one attached hydrogen (secondary N) is 2. The minimum atomic E-state index is -0.396. The molecular formula is C19H17N3O5S. The van der Waals surface area contributed by atoms with Crippen LogP contribution in [0.5, 0.6) is 11.5 Å². The Kier molecular flexibility index (Phi) is 4.47. The summed E-state index contributed by atoms with van der Waals surface area (Å²) in [6.45, 7) is 0.266. The van der Waals surface area contributed by atoms with E-state index in [4.69, 9.17) is 18.7 Å². The van der Waals surface area contributed by atoms with Gasteiger partial charge in [-0.1, -0.05) is 11.2 Å². The standard InChI is InChI=1S/C19H17N3O5S/c23-19(14-8-13(20-21-14)18-2-1-5-28-18)24-9-12-7-16(27-22-12)11-3-4-15-17(6-11)26-10-25-15/h1-7,13-14,20-21H,8-10H2. The van der Waals surface area contributed by atoms with Crippen LogP contribution in [0.1, 0.15) is 23.0 Å². The summed E-state index contributed by atoms with van der Waals surface area (Å²) in [7, 11) is 0. The molecule has 2 N–H and O–H groups in total. The molecule has 2 aromatic heterocycles. The molecule has 0 bridgehead atoms. The Morgan fingerprint density at radius 3 is 3.04 bits per heavy atom. The lowest BCUT2D eigenvalue weighted by atomic mass is 10.1. The van der Waals surface area contributed by atoms with Gasteiger partial charge in [-0.3, -0.25) is 4.79 Å². The van der Waals surface area contributed by atoms with Gasteiger partial charge in [0.25, 0.3) is 0 Å². The monoisotopic (exact) mass is 399 g/mol. The van der Waals surface area contributed by atoms with E-state index in [0.29, 0.717) is 29.4 Å². The number of hydrogen-bond acceptors (Lipinski definition) is 9. The third kappa shape index (κ3) is 3.35. The lowest BCUT2D eigenvalue weighted by molar-refractivity contribution is -0.147. The molecule has 4 heterocycles. The van der Waals surface area contributed by atoms with Crippen LogP contribution in [0.4, 0.5) is 0 Å². The van der Waals surface area contributed by atoms with Crippen LogP contribution in [-0.2, 0) is 16.1 Å². The van der Waals surface area contributed by atoms with Crippen molar-refractivity contribution in [3.63, 3.8) is 0 Å². The molecule has 8 nitrogen and oxygen atoms in total. The van der Waals surface area contributed by atoms with E-state index in [-0.39, 0.29) is 25.4 Å². The van der Waals surface area contributed by atoms with Crippen molar-refractivity contribution >= 4 is 17.3 Å². The first-order valence-corrected chi connectivity index (χ1v) is 9.71. The van der Waals surface area contributed by atoms with Crippen LogP contribution in [0, 0.1) is 0 Å². The second-order valence-corrected chi connectivity index (χ2v) is 7.48. The topological polar surface area (TPSA) is 94.9 Å². The molecule has 2 aliphatic heterocycles. The Morgan fingerprint density at radius 1 is 1.21 bits per heavy atom. The summed E-state index contributed by atoms with van der Waals surface area (Å²) in [5, 5.41) is 6.00. The Balaban J connectivity index is 1.18. The maximum atomic E-state index is 12.3. The first-order chi connectivity index (χ1) is 13.8. The van der Waals surface area contributed by atoms with Gasteiger partial charge in [-0.15, -0.1) is 11.3 Å². The zero-order valence-electron chi connectivity index (χ0n) is 14.7. The predicted molar refractivity (Wildman–Crippen MR) is 99.6 cm³/mol. The lowest BCUT2D eigenvalue weighted by Gasteiger charge is -2.08. The summed E-state index contributed by atoms with van der Waals surface area (Å²) in [4.78, 5) is 13.5. The zero-order chi connectivity index (χ0) is 18.9. The molecule has 5 rings (SSSR count). The molecule has 1 fully saturated rings. The number of carbonyl (C=O) groups is 1. The van der Waals surface area contributed by atoms with E-state index in [1.807, 2.05) is 35.7 Å². The highest BCUT2D eigenvalue weighted by atomic mass is 32.1. The molecule has 0 spiro atoms. The van der Waals surface area contributed by atoms with Gasteiger partial charge in [0, 0.05) is 16.5 Å². The van der Waals surface area contributed by atoms with E-state index >= 15 is 0 Å². The highest BCUT2D eigenvalue weighted by Crippen LogP contribution is 2.36. The maximum absolute atomic E-state index is 12.3. The highest BCUT2D eigenvalue weighted by Gasteiger charge is 2.31. The van der Waals surface area contributed by atoms with Crippen LogP contribution in [0.2, 0.25) is 0 Å². The van der Waals surface area contributed by atoms with Crippen molar-refractivity contribution in [2.75, 3.05) is 6.79 Å². The van der Waals surface area contributed by atoms with Gasteiger partial charge < -0.3 is 18.7 Å². The van der Waals surface area contributed by atoms with Crippen molar-refractivity contribution < 1.29 is 23.5 Å². The highest BCUT2D eigenvalue weighted by molar-refractivity contribution is 7.10. The van der Waals surface area contributed by atoms with Gasteiger partial charge in [0.15, 0.2) is 17.3 Å². The second-order valence-electron chi connectivity index (χ2n) is 6.50. The van der Waals surface area contributed by atoms with Crippen LogP contribution in [-0.4, -0.2) is 24.0 Å². The Labute approximate surface area is 164 Å². The normalized spacial score (nSPS) is 20.4. The van der Waals surface area contributed by atoms with Crippen LogP contribution >= 0.6 is 11.3 Å². The summed E-state index contributed by atoms with van der Waals surface area (Å²) >= 11 is 1.66.